The summed E-state index contributed by atoms with van der Waals surface area (Å²) in [6.07, 6.45) is 2.62. The van der Waals surface area contributed by atoms with E-state index >= 15 is 0 Å². The number of carbonyl (C=O) groups excluding carboxylic acids is 1. The predicted octanol–water partition coefficient (Wildman–Crippen LogP) is 2.24. The zero-order valence-electron chi connectivity index (χ0n) is 9.85. The smallest absolute Gasteiger partial charge is 0.289 e. The number of rotatable bonds is 3. The molecule has 0 radical (unpaired) electrons. The second-order valence-electron chi connectivity index (χ2n) is 3.74. The van der Waals surface area contributed by atoms with Crippen LogP contribution in [-0.4, -0.2) is 15.9 Å². The average molecular weight is 251 g/mol. The van der Waals surface area contributed by atoms with Crippen molar-refractivity contribution in [3.05, 3.63) is 33.9 Å². The highest BCUT2D eigenvalue weighted by Gasteiger charge is 2.17. The monoisotopic (exact) mass is 251 g/mol. The van der Waals surface area contributed by atoms with Crippen molar-refractivity contribution in [2.24, 2.45) is 0 Å². The van der Waals surface area contributed by atoms with Gasteiger partial charge in [0, 0.05) is 4.88 Å². The first kappa shape index (κ1) is 11.8. The van der Waals surface area contributed by atoms with Crippen LogP contribution in [0.4, 0.5) is 0 Å². The van der Waals surface area contributed by atoms with Crippen LogP contribution >= 0.6 is 11.3 Å². The van der Waals surface area contributed by atoms with Gasteiger partial charge in [0.15, 0.2) is 6.39 Å². The van der Waals surface area contributed by atoms with Gasteiger partial charge in [-0.15, -0.1) is 11.3 Å². The maximum Gasteiger partial charge on any atom is 0.289 e. The Morgan fingerprint density at radius 3 is 2.82 bits per heavy atom. The van der Waals surface area contributed by atoms with Crippen molar-refractivity contribution in [1.29, 1.82) is 0 Å². The summed E-state index contributed by atoms with van der Waals surface area (Å²) in [6.45, 7) is 5.85. The van der Waals surface area contributed by atoms with Crippen molar-refractivity contribution in [3.63, 3.8) is 0 Å². The van der Waals surface area contributed by atoms with E-state index in [4.69, 9.17) is 4.42 Å². The van der Waals surface area contributed by atoms with Gasteiger partial charge in [0.2, 0.25) is 5.76 Å². The first-order valence-corrected chi connectivity index (χ1v) is 6.03. The van der Waals surface area contributed by atoms with E-state index in [9.17, 15) is 4.79 Å². The van der Waals surface area contributed by atoms with Crippen molar-refractivity contribution in [1.82, 2.24) is 15.3 Å². The lowest BCUT2D eigenvalue weighted by Gasteiger charge is -2.11. The molecule has 17 heavy (non-hydrogen) atoms. The Bertz CT molecular complexity index is 519. The molecule has 0 saturated heterocycles. The molecule has 1 atom stereocenters. The summed E-state index contributed by atoms with van der Waals surface area (Å²) in [4.78, 5) is 21.0. The van der Waals surface area contributed by atoms with Gasteiger partial charge in [-0.2, -0.15) is 0 Å². The third kappa shape index (κ3) is 2.52. The van der Waals surface area contributed by atoms with Gasteiger partial charge < -0.3 is 9.73 Å². The van der Waals surface area contributed by atoms with Gasteiger partial charge in [-0.25, -0.2) is 9.97 Å². The number of hydrogen-bond donors (Lipinski definition) is 1. The van der Waals surface area contributed by atoms with Gasteiger partial charge in [-0.1, -0.05) is 0 Å². The van der Waals surface area contributed by atoms with Gasteiger partial charge in [0.1, 0.15) is 0 Å². The third-order valence-corrected chi connectivity index (χ3v) is 3.26. The Labute approximate surface area is 103 Å². The maximum atomic E-state index is 11.7. The van der Waals surface area contributed by atoms with E-state index in [1.54, 1.807) is 11.3 Å². The van der Waals surface area contributed by atoms with Crippen molar-refractivity contribution in [2.75, 3.05) is 0 Å². The summed E-state index contributed by atoms with van der Waals surface area (Å²) in [5.74, 6) is -0.0680. The van der Waals surface area contributed by atoms with Crippen molar-refractivity contribution in [3.8, 4) is 0 Å². The molecular weight excluding hydrogens is 238 g/mol. The molecule has 1 N–H and O–H groups in total. The lowest BCUT2D eigenvalue weighted by molar-refractivity contribution is 0.0911. The number of aromatic nitrogens is 2. The normalized spacial score (nSPS) is 12.4. The molecule has 2 rings (SSSR count). The number of oxazole rings is 1. The van der Waals surface area contributed by atoms with Crippen LogP contribution in [0.5, 0.6) is 0 Å². The second kappa shape index (κ2) is 4.67. The number of nitrogens with zero attached hydrogens (tertiary/aromatic N) is 2. The molecule has 6 heteroatoms. The lowest BCUT2D eigenvalue weighted by atomic mass is 10.2. The van der Waals surface area contributed by atoms with Crippen molar-refractivity contribution in [2.45, 2.75) is 26.8 Å². The summed E-state index contributed by atoms with van der Waals surface area (Å²) in [5.41, 5.74) is 0.903. The molecule has 0 aliphatic carbocycles. The van der Waals surface area contributed by atoms with E-state index in [0.717, 1.165) is 15.6 Å². The first-order chi connectivity index (χ1) is 8.08. The van der Waals surface area contributed by atoms with E-state index in [2.05, 4.69) is 15.3 Å². The summed E-state index contributed by atoms with van der Waals surface area (Å²) < 4.78 is 4.93. The fourth-order valence-electron chi connectivity index (χ4n) is 1.61. The standard InChI is InChI=1S/C11H13N3O2S/c1-6(10-7(2)17-8(3)14-10)13-11(15)9-4-12-5-16-9/h4-6H,1-3H3,(H,13,15)/t6-/m1/s1. The Balaban J connectivity index is 2.09. The van der Waals surface area contributed by atoms with Crippen LogP contribution in [-0.2, 0) is 0 Å². The predicted molar refractivity (Wildman–Crippen MR) is 64.0 cm³/mol. The first-order valence-electron chi connectivity index (χ1n) is 5.21. The molecule has 0 aliphatic rings. The molecule has 1 amide bonds. The molecule has 2 heterocycles. The quantitative estimate of drug-likeness (QED) is 0.908. The Kier molecular flexibility index (Phi) is 3.23. The minimum Gasteiger partial charge on any atom is -0.438 e. The van der Waals surface area contributed by atoms with Crippen LogP contribution in [0.2, 0.25) is 0 Å². The van der Waals surface area contributed by atoms with Crippen molar-refractivity contribution >= 4 is 17.2 Å². The van der Waals surface area contributed by atoms with Crippen LogP contribution in [0.3, 0.4) is 0 Å². The van der Waals surface area contributed by atoms with Crippen LogP contribution < -0.4 is 5.32 Å². The van der Waals surface area contributed by atoms with E-state index in [0.29, 0.717) is 0 Å². The van der Waals surface area contributed by atoms with Gasteiger partial charge in [-0.05, 0) is 20.8 Å². The van der Waals surface area contributed by atoms with E-state index in [1.165, 1.54) is 12.6 Å². The van der Waals surface area contributed by atoms with Crippen LogP contribution in [0.15, 0.2) is 17.0 Å². The van der Waals surface area contributed by atoms with Gasteiger partial charge in [-0.3, -0.25) is 4.79 Å². The van der Waals surface area contributed by atoms with E-state index < -0.39 is 0 Å². The largest absolute Gasteiger partial charge is 0.438 e. The van der Waals surface area contributed by atoms with E-state index in [-0.39, 0.29) is 17.7 Å². The topological polar surface area (TPSA) is 68.0 Å². The fraction of sp³-hybridized carbons (Fsp3) is 0.364. The molecule has 5 nitrogen and oxygen atoms in total. The molecular formula is C11H13N3O2S. The molecule has 0 aromatic carbocycles. The number of amides is 1. The number of hydrogen-bond acceptors (Lipinski definition) is 5. The lowest BCUT2D eigenvalue weighted by Crippen LogP contribution is -2.26. The third-order valence-electron chi connectivity index (χ3n) is 2.35. The van der Waals surface area contributed by atoms with Crippen molar-refractivity contribution < 1.29 is 9.21 Å². The molecule has 0 spiro atoms. The summed E-state index contributed by atoms with van der Waals surface area (Å²) in [6, 6.07) is -0.141. The second-order valence-corrected chi connectivity index (χ2v) is 5.14. The summed E-state index contributed by atoms with van der Waals surface area (Å²) >= 11 is 1.62. The molecule has 0 bridgehead atoms. The van der Waals surface area contributed by atoms with Crippen LogP contribution in [0.1, 0.15) is 39.1 Å². The van der Waals surface area contributed by atoms with Gasteiger partial charge in [0.25, 0.3) is 5.91 Å². The molecule has 0 unspecified atom stereocenters. The fourth-order valence-corrected chi connectivity index (χ4v) is 2.52. The molecule has 90 valence electrons. The zero-order valence-corrected chi connectivity index (χ0v) is 10.7. The molecule has 2 aromatic heterocycles. The van der Waals surface area contributed by atoms with Gasteiger partial charge >= 0.3 is 0 Å². The molecule has 0 saturated carbocycles. The average Bonchev–Trinajstić information content (AvgIpc) is 2.87. The van der Waals surface area contributed by atoms with Crippen LogP contribution in [0.25, 0.3) is 0 Å². The number of thiazole rings is 1. The zero-order chi connectivity index (χ0) is 12.4. The Hall–Kier alpha value is -1.69. The molecule has 0 fully saturated rings. The summed E-state index contributed by atoms with van der Waals surface area (Å²) in [5, 5.41) is 3.82. The summed E-state index contributed by atoms with van der Waals surface area (Å²) in [7, 11) is 0. The van der Waals surface area contributed by atoms with E-state index in [1.807, 2.05) is 20.8 Å². The minimum absolute atomic E-state index is 0.141. The molecule has 2 aromatic rings. The SMILES string of the molecule is Cc1nc([C@@H](C)NC(=O)c2cnco2)c(C)s1. The minimum atomic E-state index is -0.278. The number of aryl methyl sites for hydroxylation is 2. The highest BCUT2D eigenvalue weighted by atomic mass is 32.1. The maximum absolute atomic E-state index is 11.7. The number of nitrogens with one attached hydrogen (secondary N) is 1. The molecule has 0 aliphatic heterocycles. The Morgan fingerprint density at radius 1 is 1.53 bits per heavy atom. The highest BCUT2D eigenvalue weighted by molar-refractivity contribution is 7.11. The highest BCUT2D eigenvalue weighted by Crippen LogP contribution is 2.22. The number of carbonyl (C=O) groups is 1. The van der Waals surface area contributed by atoms with Gasteiger partial charge in [0.05, 0.1) is 22.9 Å². The van der Waals surface area contributed by atoms with Crippen LogP contribution in [0, 0.1) is 13.8 Å². The Morgan fingerprint density at radius 2 is 2.29 bits per heavy atom.